The van der Waals surface area contributed by atoms with Crippen LogP contribution in [0.1, 0.15) is 17.5 Å². The van der Waals surface area contributed by atoms with Crippen LogP contribution in [0.25, 0.3) is 0 Å². The molecule has 1 saturated heterocycles. The van der Waals surface area contributed by atoms with Crippen LogP contribution in [0.4, 0.5) is 0 Å². The molecule has 1 aromatic carbocycles. The van der Waals surface area contributed by atoms with Gasteiger partial charge in [0.15, 0.2) is 23.4 Å². The molecular formula is C16H15NO3. The second-order valence-corrected chi connectivity index (χ2v) is 6.29. The second-order valence-electron chi connectivity index (χ2n) is 6.29. The van der Waals surface area contributed by atoms with Crippen molar-refractivity contribution in [2.24, 2.45) is 5.92 Å². The van der Waals surface area contributed by atoms with Gasteiger partial charge in [-0.15, -0.1) is 0 Å². The van der Waals surface area contributed by atoms with E-state index in [2.05, 4.69) is 11.4 Å². The molecular weight excluding hydrogens is 254 g/mol. The van der Waals surface area contributed by atoms with Crippen LogP contribution in [-0.2, 0) is 16.6 Å². The van der Waals surface area contributed by atoms with Crippen molar-refractivity contribution in [2.45, 2.75) is 30.4 Å². The smallest absolute Gasteiger partial charge is 0.196 e. The van der Waals surface area contributed by atoms with Gasteiger partial charge in [-0.3, -0.25) is 4.79 Å². The van der Waals surface area contributed by atoms with Gasteiger partial charge in [0.2, 0.25) is 0 Å². The highest BCUT2D eigenvalue weighted by Gasteiger charge is 2.63. The molecule has 0 aromatic heterocycles. The fourth-order valence-electron chi connectivity index (χ4n) is 4.82. The predicted molar refractivity (Wildman–Crippen MR) is 71.9 cm³/mol. The van der Waals surface area contributed by atoms with Gasteiger partial charge in [0.25, 0.3) is 0 Å². The standard InChI is InChI=1S/C16H15NO3/c18-11-3-1-8-7-10-9-2-4-12(19)15-16(9,5-6-17-10)13(8)14(11)20-15/h1-4,9-10,15,17-18H,5-7H2/t9-,10-,15-,16-/m0/s1. The average molecular weight is 269 g/mol. The number of ether oxygens (including phenoxy) is 1. The van der Waals surface area contributed by atoms with Crippen LogP contribution in [0.5, 0.6) is 11.5 Å². The molecule has 0 amide bonds. The fourth-order valence-corrected chi connectivity index (χ4v) is 4.82. The van der Waals surface area contributed by atoms with Crippen LogP contribution in [0.3, 0.4) is 0 Å². The van der Waals surface area contributed by atoms with Gasteiger partial charge in [0.1, 0.15) is 0 Å². The highest BCUT2D eigenvalue weighted by Crippen LogP contribution is 2.60. The van der Waals surface area contributed by atoms with E-state index in [9.17, 15) is 9.90 Å². The zero-order valence-electron chi connectivity index (χ0n) is 10.9. The first-order valence-electron chi connectivity index (χ1n) is 7.19. The molecule has 4 atom stereocenters. The van der Waals surface area contributed by atoms with Gasteiger partial charge < -0.3 is 15.2 Å². The number of phenolic OH excluding ortho intramolecular Hbond substituents is 1. The number of piperidine rings is 1. The minimum Gasteiger partial charge on any atom is -0.504 e. The van der Waals surface area contributed by atoms with Crippen LogP contribution in [0.2, 0.25) is 0 Å². The number of ketones is 1. The van der Waals surface area contributed by atoms with Gasteiger partial charge in [-0.25, -0.2) is 0 Å². The van der Waals surface area contributed by atoms with E-state index in [0.717, 1.165) is 24.9 Å². The molecule has 2 N–H and O–H groups in total. The SMILES string of the molecule is O=C1C=C[C@H]2[C@@H]3Cc4ccc(O)c5c4[C@@]2(CCN3)[C@H]1O5. The lowest BCUT2D eigenvalue weighted by molar-refractivity contribution is -0.125. The monoisotopic (exact) mass is 269 g/mol. The first-order chi connectivity index (χ1) is 9.72. The summed E-state index contributed by atoms with van der Waals surface area (Å²) in [6, 6.07) is 4.04. The molecule has 0 unspecified atom stereocenters. The minimum absolute atomic E-state index is 0.0327. The average Bonchev–Trinajstić information content (AvgIpc) is 2.78. The Morgan fingerprint density at radius 2 is 2.30 bits per heavy atom. The summed E-state index contributed by atoms with van der Waals surface area (Å²) in [5, 5.41) is 13.7. The number of benzene rings is 1. The maximum absolute atomic E-state index is 12.3. The van der Waals surface area contributed by atoms with Gasteiger partial charge in [0.05, 0.1) is 5.41 Å². The quantitative estimate of drug-likeness (QED) is 0.739. The van der Waals surface area contributed by atoms with Crippen LogP contribution in [-0.4, -0.2) is 29.6 Å². The number of carbonyl (C=O) groups excluding carboxylic acids is 1. The number of carbonyl (C=O) groups is 1. The highest BCUT2D eigenvalue weighted by atomic mass is 16.5. The highest BCUT2D eigenvalue weighted by molar-refractivity contribution is 5.98. The van der Waals surface area contributed by atoms with Gasteiger partial charge in [-0.1, -0.05) is 12.1 Å². The molecule has 2 heterocycles. The lowest BCUT2D eigenvalue weighted by atomic mass is 9.54. The summed E-state index contributed by atoms with van der Waals surface area (Å²) in [4.78, 5) is 12.3. The molecule has 20 heavy (non-hydrogen) atoms. The summed E-state index contributed by atoms with van der Waals surface area (Å²) >= 11 is 0. The topological polar surface area (TPSA) is 58.6 Å². The van der Waals surface area contributed by atoms with Crippen molar-refractivity contribution < 1.29 is 14.6 Å². The molecule has 102 valence electrons. The molecule has 5 rings (SSSR count). The van der Waals surface area contributed by atoms with E-state index in [4.69, 9.17) is 4.74 Å². The number of aromatic hydroxyl groups is 1. The van der Waals surface area contributed by atoms with Crippen LogP contribution in [0, 0.1) is 5.92 Å². The first-order valence-corrected chi connectivity index (χ1v) is 7.19. The summed E-state index contributed by atoms with van der Waals surface area (Å²) in [6.45, 7) is 0.899. The van der Waals surface area contributed by atoms with Gasteiger partial charge in [0, 0.05) is 17.5 Å². The van der Waals surface area contributed by atoms with Crippen LogP contribution in [0.15, 0.2) is 24.3 Å². The summed E-state index contributed by atoms with van der Waals surface area (Å²) < 4.78 is 5.94. The predicted octanol–water partition coefficient (Wildman–Crippen LogP) is 1.06. The lowest BCUT2D eigenvalue weighted by Crippen LogP contribution is -2.63. The molecule has 4 aliphatic rings. The number of phenols is 1. The van der Waals surface area contributed by atoms with Crippen molar-refractivity contribution in [3.8, 4) is 11.5 Å². The Kier molecular flexibility index (Phi) is 1.78. The van der Waals surface area contributed by atoms with Crippen molar-refractivity contribution >= 4 is 5.78 Å². The Morgan fingerprint density at radius 1 is 1.40 bits per heavy atom. The normalized spacial score (nSPS) is 39.4. The maximum atomic E-state index is 12.3. The third kappa shape index (κ3) is 0.998. The fraction of sp³-hybridized carbons (Fsp3) is 0.438. The van der Waals surface area contributed by atoms with Crippen molar-refractivity contribution in [3.05, 3.63) is 35.4 Å². The Bertz CT molecular complexity index is 681. The van der Waals surface area contributed by atoms with Crippen molar-refractivity contribution in [2.75, 3.05) is 6.54 Å². The lowest BCUT2D eigenvalue weighted by Gasteiger charge is -2.52. The molecule has 1 aromatic rings. The van der Waals surface area contributed by atoms with Crippen LogP contribution < -0.4 is 10.1 Å². The Morgan fingerprint density at radius 3 is 3.20 bits per heavy atom. The maximum Gasteiger partial charge on any atom is 0.196 e. The third-order valence-corrected chi connectivity index (χ3v) is 5.53. The number of nitrogens with one attached hydrogen (secondary N) is 1. The van der Waals surface area contributed by atoms with Crippen molar-refractivity contribution in [3.63, 3.8) is 0 Å². The van der Waals surface area contributed by atoms with Gasteiger partial charge in [-0.2, -0.15) is 0 Å². The molecule has 0 radical (unpaired) electrons. The number of hydrogen-bond acceptors (Lipinski definition) is 4. The van der Waals surface area contributed by atoms with E-state index in [1.165, 1.54) is 5.56 Å². The summed E-state index contributed by atoms with van der Waals surface area (Å²) in [7, 11) is 0. The van der Waals surface area contributed by atoms with E-state index >= 15 is 0 Å². The largest absolute Gasteiger partial charge is 0.504 e. The van der Waals surface area contributed by atoms with Crippen molar-refractivity contribution in [1.82, 2.24) is 5.32 Å². The van der Waals surface area contributed by atoms with Crippen LogP contribution >= 0.6 is 0 Å². The molecule has 4 nitrogen and oxygen atoms in total. The zero-order valence-corrected chi connectivity index (χ0v) is 10.9. The molecule has 0 saturated carbocycles. The zero-order chi connectivity index (χ0) is 13.5. The molecule has 1 spiro atoms. The third-order valence-electron chi connectivity index (χ3n) is 5.53. The minimum atomic E-state index is -0.454. The van der Waals surface area contributed by atoms with E-state index < -0.39 is 6.10 Å². The molecule has 1 fully saturated rings. The van der Waals surface area contributed by atoms with E-state index in [1.807, 2.05) is 6.07 Å². The molecule has 2 aliphatic carbocycles. The summed E-state index contributed by atoms with van der Waals surface area (Å²) in [5.74, 6) is 1.03. The summed E-state index contributed by atoms with van der Waals surface area (Å²) in [6.07, 6.45) is 5.09. The van der Waals surface area contributed by atoms with E-state index in [-0.39, 0.29) is 22.9 Å². The Balaban J connectivity index is 1.88. The Labute approximate surface area is 116 Å². The van der Waals surface area contributed by atoms with Gasteiger partial charge in [-0.05, 0) is 37.1 Å². The molecule has 2 aliphatic heterocycles. The van der Waals surface area contributed by atoms with Gasteiger partial charge >= 0.3 is 0 Å². The van der Waals surface area contributed by atoms with E-state index in [0.29, 0.717) is 11.8 Å². The number of rotatable bonds is 0. The first kappa shape index (κ1) is 10.9. The second kappa shape index (κ2) is 3.26. The number of hydrogen-bond donors (Lipinski definition) is 2. The Hall–Kier alpha value is -1.81. The van der Waals surface area contributed by atoms with E-state index in [1.54, 1.807) is 12.1 Å². The summed E-state index contributed by atoms with van der Waals surface area (Å²) in [5.41, 5.74) is 2.06. The molecule has 2 bridgehead atoms. The van der Waals surface area contributed by atoms with Crippen molar-refractivity contribution in [1.29, 1.82) is 0 Å². The molecule has 4 heteroatoms.